The fourth-order valence-corrected chi connectivity index (χ4v) is 3.23. The Kier molecular flexibility index (Phi) is 3.65. The molecule has 0 bridgehead atoms. The number of aromatic amines is 1. The van der Waals surface area contributed by atoms with Gasteiger partial charge in [-0.05, 0) is 31.5 Å². The number of carbonyl (C=O) groups excluding carboxylic acids is 1. The van der Waals surface area contributed by atoms with E-state index >= 15 is 0 Å². The minimum Gasteiger partial charge on any atom is -0.334 e. The molecule has 1 aromatic carbocycles. The van der Waals surface area contributed by atoms with Crippen molar-refractivity contribution >= 4 is 11.6 Å². The Labute approximate surface area is 139 Å². The lowest BCUT2D eigenvalue weighted by Gasteiger charge is -2.23. The van der Waals surface area contributed by atoms with Crippen LogP contribution in [-0.4, -0.2) is 25.7 Å². The molecule has 6 nitrogen and oxygen atoms in total. The van der Waals surface area contributed by atoms with Crippen LogP contribution in [0.3, 0.4) is 0 Å². The van der Waals surface area contributed by atoms with Crippen LogP contribution in [0.5, 0.6) is 0 Å². The number of rotatable bonds is 3. The molecule has 3 heterocycles. The van der Waals surface area contributed by atoms with Crippen molar-refractivity contribution in [1.29, 1.82) is 0 Å². The van der Waals surface area contributed by atoms with E-state index in [1.807, 2.05) is 43.5 Å². The molecule has 122 valence electrons. The average Bonchev–Trinajstić information content (AvgIpc) is 3.22. The third-order valence-electron chi connectivity index (χ3n) is 4.43. The number of H-pyrrole nitrogens is 1. The SMILES string of the molecule is Cc1cn2c(n1)CCC(C(=O)Nc1cccc(-c3ccn[nH]3)c1)C2. The Bertz CT molecular complexity index is 865. The number of hydrogen-bond acceptors (Lipinski definition) is 3. The molecule has 3 aromatic rings. The second kappa shape index (κ2) is 5.96. The first-order chi connectivity index (χ1) is 11.7. The highest BCUT2D eigenvalue weighted by Crippen LogP contribution is 2.24. The zero-order chi connectivity index (χ0) is 16.5. The van der Waals surface area contributed by atoms with Crippen molar-refractivity contribution in [2.45, 2.75) is 26.3 Å². The predicted octanol–water partition coefficient (Wildman–Crippen LogP) is 2.78. The Morgan fingerprint density at radius 2 is 2.29 bits per heavy atom. The first-order valence-electron chi connectivity index (χ1n) is 8.12. The van der Waals surface area contributed by atoms with Gasteiger partial charge in [-0.3, -0.25) is 9.89 Å². The summed E-state index contributed by atoms with van der Waals surface area (Å²) < 4.78 is 2.10. The quantitative estimate of drug-likeness (QED) is 0.779. The van der Waals surface area contributed by atoms with E-state index in [2.05, 4.69) is 25.1 Å². The van der Waals surface area contributed by atoms with E-state index in [1.54, 1.807) is 6.20 Å². The fraction of sp³-hybridized carbons (Fsp3) is 0.278. The lowest BCUT2D eigenvalue weighted by Crippen LogP contribution is -2.31. The van der Waals surface area contributed by atoms with Crippen molar-refractivity contribution in [1.82, 2.24) is 19.7 Å². The molecule has 0 radical (unpaired) electrons. The molecule has 1 aliphatic rings. The summed E-state index contributed by atoms with van der Waals surface area (Å²) in [7, 11) is 0. The second-order valence-electron chi connectivity index (χ2n) is 6.23. The highest BCUT2D eigenvalue weighted by Gasteiger charge is 2.25. The number of imidazole rings is 1. The number of benzene rings is 1. The molecule has 2 aromatic heterocycles. The third-order valence-corrected chi connectivity index (χ3v) is 4.43. The van der Waals surface area contributed by atoms with Crippen molar-refractivity contribution < 1.29 is 4.79 Å². The fourth-order valence-electron chi connectivity index (χ4n) is 3.23. The van der Waals surface area contributed by atoms with E-state index < -0.39 is 0 Å². The van der Waals surface area contributed by atoms with Crippen LogP contribution in [0.4, 0.5) is 5.69 Å². The number of amides is 1. The molecule has 1 atom stereocenters. The molecule has 0 spiro atoms. The van der Waals surface area contributed by atoms with Gasteiger partial charge in [0, 0.05) is 36.6 Å². The van der Waals surface area contributed by atoms with Crippen molar-refractivity contribution in [3.05, 3.63) is 54.2 Å². The first kappa shape index (κ1) is 14.7. The van der Waals surface area contributed by atoms with Crippen LogP contribution >= 0.6 is 0 Å². The maximum absolute atomic E-state index is 12.6. The van der Waals surface area contributed by atoms with Crippen molar-refractivity contribution in [3.8, 4) is 11.3 Å². The zero-order valence-corrected chi connectivity index (χ0v) is 13.5. The number of aromatic nitrogens is 4. The van der Waals surface area contributed by atoms with Gasteiger partial charge in [-0.1, -0.05) is 12.1 Å². The molecule has 2 N–H and O–H groups in total. The standard InChI is InChI=1S/C18H19N5O/c1-12-10-23-11-14(5-6-17(23)20-12)18(24)21-15-4-2-3-13(9-15)16-7-8-19-22-16/h2-4,7-10,14H,5-6,11H2,1H3,(H,19,22)(H,21,24). The number of carbonyl (C=O) groups is 1. The van der Waals surface area contributed by atoms with Crippen LogP contribution in [0.15, 0.2) is 42.7 Å². The zero-order valence-electron chi connectivity index (χ0n) is 13.5. The monoisotopic (exact) mass is 321 g/mol. The minimum absolute atomic E-state index is 0.0260. The Hall–Kier alpha value is -2.89. The Balaban J connectivity index is 1.48. The van der Waals surface area contributed by atoms with Gasteiger partial charge >= 0.3 is 0 Å². The summed E-state index contributed by atoms with van der Waals surface area (Å²) in [4.78, 5) is 17.1. The third kappa shape index (κ3) is 2.82. The molecule has 0 fully saturated rings. The number of aryl methyl sites for hydroxylation is 2. The Morgan fingerprint density at radius 1 is 1.38 bits per heavy atom. The molecule has 0 aliphatic carbocycles. The molecule has 1 unspecified atom stereocenters. The summed E-state index contributed by atoms with van der Waals surface area (Å²) in [5.41, 5.74) is 3.75. The molecule has 0 saturated heterocycles. The van der Waals surface area contributed by atoms with Gasteiger partial charge in [0.25, 0.3) is 0 Å². The molecule has 6 heteroatoms. The highest BCUT2D eigenvalue weighted by molar-refractivity contribution is 5.93. The highest BCUT2D eigenvalue weighted by atomic mass is 16.1. The summed E-state index contributed by atoms with van der Waals surface area (Å²) in [5, 5.41) is 9.95. The second-order valence-corrected chi connectivity index (χ2v) is 6.23. The number of nitrogens with zero attached hydrogens (tertiary/aromatic N) is 3. The van der Waals surface area contributed by atoms with E-state index in [9.17, 15) is 4.79 Å². The van der Waals surface area contributed by atoms with E-state index in [0.29, 0.717) is 6.54 Å². The van der Waals surface area contributed by atoms with Gasteiger partial charge in [0.15, 0.2) is 0 Å². The number of fused-ring (bicyclic) bond motifs is 1. The molecule has 1 aliphatic heterocycles. The van der Waals surface area contributed by atoms with Crippen LogP contribution in [0, 0.1) is 12.8 Å². The van der Waals surface area contributed by atoms with Gasteiger partial charge in [-0.25, -0.2) is 4.98 Å². The summed E-state index contributed by atoms with van der Waals surface area (Å²) in [6, 6.07) is 9.70. The molecule has 24 heavy (non-hydrogen) atoms. The van der Waals surface area contributed by atoms with Gasteiger partial charge in [0.05, 0.1) is 17.3 Å². The predicted molar refractivity (Wildman–Crippen MR) is 91.4 cm³/mol. The van der Waals surface area contributed by atoms with Crippen LogP contribution in [0.25, 0.3) is 11.3 Å². The number of hydrogen-bond donors (Lipinski definition) is 2. The molecule has 4 rings (SSSR count). The summed E-state index contributed by atoms with van der Waals surface area (Å²) in [6.07, 6.45) is 5.42. The number of nitrogens with one attached hydrogen (secondary N) is 2. The maximum Gasteiger partial charge on any atom is 0.229 e. The van der Waals surface area contributed by atoms with Gasteiger partial charge in [0.2, 0.25) is 5.91 Å². The van der Waals surface area contributed by atoms with Crippen molar-refractivity contribution in [2.24, 2.45) is 5.92 Å². The largest absolute Gasteiger partial charge is 0.334 e. The average molecular weight is 321 g/mol. The van der Waals surface area contributed by atoms with Crippen LogP contribution in [-0.2, 0) is 17.8 Å². The lowest BCUT2D eigenvalue weighted by molar-refractivity contribution is -0.120. The van der Waals surface area contributed by atoms with Crippen molar-refractivity contribution in [3.63, 3.8) is 0 Å². The van der Waals surface area contributed by atoms with E-state index in [4.69, 9.17) is 0 Å². The van der Waals surface area contributed by atoms with E-state index in [0.717, 1.165) is 41.3 Å². The Morgan fingerprint density at radius 3 is 3.12 bits per heavy atom. The summed E-state index contributed by atoms with van der Waals surface area (Å²) >= 11 is 0. The van der Waals surface area contributed by atoms with E-state index in [-0.39, 0.29) is 11.8 Å². The molecule has 0 saturated carbocycles. The maximum atomic E-state index is 12.6. The molecular formula is C18H19N5O. The van der Waals surface area contributed by atoms with E-state index in [1.165, 1.54) is 0 Å². The summed E-state index contributed by atoms with van der Waals surface area (Å²) in [5.74, 6) is 1.12. The molecular weight excluding hydrogens is 302 g/mol. The minimum atomic E-state index is -0.0260. The normalized spacial score (nSPS) is 16.6. The smallest absolute Gasteiger partial charge is 0.229 e. The van der Waals surface area contributed by atoms with Gasteiger partial charge < -0.3 is 9.88 Å². The molecule has 1 amide bonds. The van der Waals surface area contributed by atoms with Crippen molar-refractivity contribution in [2.75, 3.05) is 5.32 Å². The summed E-state index contributed by atoms with van der Waals surface area (Å²) in [6.45, 7) is 2.68. The van der Waals surface area contributed by atoms with Gasteiger partial charge in [-0.15, -0.1) is 0 Å². The first-order valence-corrected chi connectivity index (χ1v) is 8.12. The van der Waals surface area contributed by atoms with Gasteiger partial charge in [0.1, 0.15) is 5.82 Å². The van der Waals surface area contributed by atoms with Crippen LogP contribution < -0.4 is 5.32 Å². The lowest BCUT2D eigenvalue weighted by atomic mass is 9.98. The van der Waals surface area contributed by atoms with Crippen LogP contribution in [0.1, 0.15) is 17.9 Å². The van der Waals surface area contributed by atoms with Gasteiger partial charge in [-0.2, -0.15) is 5.10 Å². The number of anilines is 1. The topological polar surface area (TPSA) is 75.6 Å². The van der Waals surface area contributed by atoms with Crippen LogP contribution in [0.2, 0.25) is 0 Å².